The number of ketones is 1. The Labute approximate surface area is 122 Å². The van der Waals surface area contributed by atoms with Crippen molar-refractivity contribution in [1.29, 1.82) is 0 Å². The van der Waals surface area contributed by atoms with Crippen molar-refractivity contribution in [3.8, 4) is 0 Å². The summed E-state index contributed by atoms with van der Waals surface area (Å²) in [5, 5.41) is 0. The van der Waals surface area contributed by atoms with E-state index in [-0.39, 0.29) is 17.0 Å². The maximum Gasteiger partial charge on any atom is 0.195 e. The van der Waals surface area contributed by atoms with Gasteiger partial charge in [-0.25, -0.2) is 8.78 Å². The number of rotatable bonds is 4. The molecular formula is C17H17F2NO. The van der Waals surface area contributed by atoms with Crippen LogP contribution in [0.1, 0.15) is 40.9 Å². The minimum absolute atomic E-state index is 0.00291. The van der Waals surface area contributed by atoms with Crippen molar-refractivity contribution in [2.45, 2.75) is 26.7 Å². The highest BCUT2D eigenvalue weighted by Crippen LogP contribution is 2.23. The molecule has 0 unspecified atom stereocenters. The molecule has 4 heteroatoms. The van der Waals surface area contributed by atoms with E-state index >= 15 is 0 Å². The molecule has 0 saturated heterocycles. The summed E-state index contributed by atoms with van der Waals surface area (Å²) in [6.45, 7) is 3.92. The Hall–Kier alpha value is -2.23. The van der Waals surface area contributed by atoms with E-state index in [1.165, 1.54) is 0 Å². The maximum atomic E-state index is 13.4. The first kappa shape index (κ1) is 15.2. The average Bonchev–Trinajstić information content (AvgIpc) is 2.49. The lowest BCUT2D eigenvalue weighted by Gasteiger charge is -2.11. The lowest BCUT2D eigenvalue weighted by Crippen LogP contribution is -2.10. The van der Waals surface area contributed by atoms with Crippen LogP contribution in [0, 0.1) is 11.6 Å². The van der Waals surface area contributed by atoms with Crippen molar-refractivity contribution < 1.29 is 13.6 Å². The summed E-state index contributed by atoms with van der Waals surface area (Å²) in [7, 11) is 0. The lowest BCUT2D eigenvalue weighted by molar-refractivity contribution is 0.103. The molecule has 110 valence electrons. The third-order valence-corrected chi connectivity index (χ3v) is 3.55. The van der Waals surface area contributed by atoms with Gasteiger partial charge >= 0.3 is 0 Å². The Kier molecular flexibility index (Phi) is 4.36. The number of carbonyl (C=O) groups excluding carboxylic acids is 1. The zero-order chi connectivity index (χ0) is 15.6. The lowest BCUT2D eigenvalue weighted by atomic mass is 9.93. The summed E-state index contributed by atoms with van der Waals surface area (Å²) in [5.41, 5.74) is 7.98. The molecular weight excluding hydrogens is 272 g/mol. The molecule has 0 aromatic heterocycles. The molecule has 0 bridgehead atoms. The molecule has 2 nitrogen and oxygen atoms in total. The van der Waals surface area contributed by atoms with Crippen LogP contribution >= 0.6 is 0 Å². The Morgan fingerprint density at radius 3 is 2.29 bits per heavy atom. The van der Waals surface area contributed by atoms with Gasteiger partial charge in [0.25, 0.3) is 0 Å². The number of nitrogens with two attached hydrogens (primary N) is 1. The number of hydrogen-bond donors (Lipinski definition) is 1. The molecule has 0 heterocycles. The highest BCUT2D eigenvalue weighted by atomic mass is 19.2. The van der Waals surface area contributed by atoms with Gasteiger partial charge in [-0.1, -0.05) is 26.0 Å². The zero-order valence-corrected chi connectivity index (χ0v) is 12.0. The SMILES string of the molecule is CCc1ccc(CC)c(C(=O)c2cc(F)c(F)cc2N)c1. The minimum Gasteiger partial charge on any atom is -0.398 e. The number of carbonyl (C=O) groups is 1. The van der Waals surface area contributed by atoms with Gasteiger partial charge in [0.2, 0.25) is 0 Å². The van der Waals surface area contributed by atoms with Crippen molar-refractivity contribution in [3.05, 3.63) is 64.2 Å². The first-order valence-corrected chi connectivity index (χ1v) is 6.88. The van der Waals surface area contributed by atoms with Crippen LogP contribution in [0.25, 0.3) is 0 Å². The van der Waals surface area contributed by atoms with Crippen molar-refractivity contribution >= 4 is 11.5 Å². The number of benzene rings is 2. The van der Waals surface area contributed by atoms with E-state index in [2.05, 4.69) is 0 Å². The molecule has 0 aliphatic heterocycles. The molecule has 0 aliphatic carbocycles. The van der Waals surface area contributed by atoms with Gasteiger partial charge in [0.1, 0.15) is 0 Å². The second kappa shape index (κ2) is 6.04. The van der Waals surface area contributed by atoms with Crippen LogP contribution in [0.5, 0.6) is 0 Å². The predicted molar refractivity (Wildman–Crippen MR) is 79.4 cm³/mol. The van der Waals surface area contributed by atoms with Crippen molar-refractivity contribution in [2.75, 3.05) is 5.73 Å². The molecule has 0 spiro atoms. The second-order valence-electron chi connectivity index (χ2n) is 4.88. The predicted octanol–water partition coefficient (Wildman–Crippen LogP) is 3.90. The van der Waals surface area contributed by atoms with Crippen LogP contribution in [0.15, 0.2) is 30.3 Å². The summed E-state index contributed by atoms with van der Waals surface area (Å²) >= 11 is 0. The molecule has 2 aromatic carbocycles. The normalized spacial score (nSPS) is 10.7. The third kappa shape index (κ3) is 2.94. The van der Waals surface area contributed by atoms with Crippen LogP contribution in [0.4, 0.5) is 14.5 Å². The fourth-order valence-electron chi connectivity index (χ4n) is 2.27. The molecule has 0 amide bonds. The second-order valence-corrected chi connectivity index (χ2v) is 4.88. The smallest absolute Gasteiger partial charge is 0.195 e. The van der Waals surface area contributed by atoms with Gasteiger partial charge < -0.3 is 5.73 Å². The van der Waals surface area contributed by atoms with Crippen LogP contribution in [0.3, 0.4) is 0 Å². The van der Waals surface area contributed by atoms with Gasteiger partial charge in [-0.05, 0) is 36.1 Å². The van der Waals surface area contributed by atoms with E-state index in [0.717, 1.165) is 29.7 Å². The standard InChI is InChI=1S/C17H17F2NO/c1-3-10-5-6-11(4-2)12(7-10)17(21)13-8-14(18)15(19)9-16(13)20/h5-9H,3-4,20H2,1-2H3. The van der Waals surface area contributed by atoms with Gasteiger partial charge in [0.15, 0.2) is 17.4 Å². The summed E-state index contributed by atoms with van der Waals surface area (Å²) in [5.74, 6) is -2.50. The Morgan fingerprint density at radius 2 is 1.67 bits per heavy atom. The van der Waals surface area contributed by atoms with Crippen molar-refractivity contribution in [1.82, 2.24) is 0 Å². The molecule has 2 rings (SSSR count). The summed E-state index contributed by atoms with van der Waals surface area (Å²) < 4.78 is 26.5. The fraction of sp³-hybridized carbons (Fsp3) is 0.235. The number of aryl methyl sites for hydroxylation is 2. The molecule has 2 aromatic rings. The summed E-state index contributed by atoms with van der Waals surface area (Å²) in [4.78, 5) is 12.6. The van der Waals surface area contributed by atoms with Gasteiger partial charge in [-0.15, -0.1) is 0 Å². The van der Waals surface area contributed by atoms with Gasteiger partial charge in [0, 0.05) is 22.9 Å². The Morgan fingerprint density at radius 1 is 1.00 bits per heavy atom. The van der Waals surface area contributed by atoms with Gasteiger partial charge in [0.05, 0.1) is 0 Å². The van der Waals surface area contributed by atoms with Crippen LogP contribution in [-0.2, 0) is 12.8 Å². The van der Waals surface area contributed by atoms with Gasteiger partial charge in [-0.2, -0.15) is 0 Å². The molecule has 21 heavy (non-hydrogen) atoms. The largest absolute Gasteiger partial charge is 0.398 e. The van der Waals surface area contributed by atoms with E-state index < -0.39 is 11.6 Å². The Balaban J connectivity index is 2.56. The highest BCUT2D eigenvalue weighted by molar-refractivity contribution is 6.13. The first-order chi connectivity index (χ1) is 9.97. The number of hydrogen-bond acceptors (Lipinski definition) is 2. The molecule has 2 N–H and O–H groups in total. The van der Waals surface area contributed by atoms with Crippen molar-refractivity contribution in [3.63, 3.8) is 0 Å². The molecule has 0 aliphatic rings. The van der Waals surface area contributed by atoms with Crippen LogP contribution in [0.2, 0.25) is 0 Å². The van der Waals surface area contributed by atoms with E-state index in [1.54, 1.807) is 6.07 Å². The van der Waals surface area contributed by atoms with E-state index in [4.69, 9.17) is 5.73 Å². The number of nitrogen functional groups attached to an aromatic ring is 1. The summed E-state index contributed by atoms with van der Waals surface area (Å²) in [6.07, 6.45) is 1.46. The molecule has 0 saturated carbocycles. The average molecular weight is 289 g/mol. The zero-order valence-electron chi connectivity index (χ0n) is 12.0. The maximum absolute atomic E-state index is 13.4. The van der Waals surface area contributed by atoms with E-state index in [0.29, 0.717) is 12.0 Å². The minimum atomic E-state index is -1.07. The number of halogens is 2. The topological polar surface area (TPSA) is 43.1 Å². The first-order valence-electron chi connectivity index (χ1n) is 6.88. The van der Waals surface area contributed by atoms with E-state index in [9.17, 15) is 13.6 Å². The van der Waals surface area contributed by atoms with Crippen LogP contribution < -0.4 is 5.73 Å². The Bertz CT molecular complexity index is 695. The highest BCUT2D eigenvalue weighted by Gasteiger charge is 2.18. The number of anilines is 1. The quantitative estimate of drug-likeness (QED) is 0.685. The van der Waals surface area contributed by atoms with Crippen molar-refractivity contribution in [2.24, 2.45) is 0 Å². The fourth-order valence-corrected chi connectivity index (χ4v) is 2.27. The molecule has 0 atom stereocenters. The molecule has 0 radical (unpaired) electrons. The molecule has 0 fully saturated rings. The van der Waals surface area contributed by atoms with Gasteiger partial charge in [-0.3, -0.25) is 4.79 Å². The van der Waals surface area contributed by atoms with Crippen LogP contribution in [-0.4, -0.2) is 5.78 Å². The summed E-state index contributed by atoms with van der Waals surface area (Å²) in [6, 6.07) is 7.36. The monoisotopic (exact) mass is 289 g/mol. The van der Waals surface area contributed by atoms with E-state index in [1.807, 2.05) is 26.0 Å². The third-order valence-electron chi connectivity index (χ3n) is 3.55.